The highest BCUT2D eigenvalue weighted by molar-refractivity contribution is 7.80. The Bertz CT molecular complexity index is 911. The molecular formula is C28H42N4S. The zero-order valence-electron chi connectivity index (χ0n) is 20.8. The van der Waals surface area contributed by atoms with Crippen LogP contribution in [0, 0.1) is 6.92 Å². The number of fused-ring (bicyclic) bond motifs is 1. The van der Waals surface area contributed by atoms with Gasteiger partial charge in [0.05, 0.1) is 5.52 Å². The number of hydrogen-bond acceptors (Lipinski definition) is 5. The fraction of sp³-hybridized carbons (Fsp3) is 0.643. The van der Waals surface area contributed by atoms with E-state index in [-0.39, 0.29) is 0 Å². The zero-order valence-corrected chi connectivity index (χ0v) is 21.6. The molecule has 2 aliphatic heterocycles. The smallest absolute Gasteiger partial charge is 0.129 e. The van der Waals surface area contributed by atoms with Crippen LogP contribution in [0.5, 0.6) is 0 Å². The molecule has 2 aliphatic rings. The van der Waals surface area contributed by atoms with Crippen molar-refractivity contribution in [1.29, 1.82) is 0 Å². The van der Waals surface area contributed by atoms with Crippen LogP contribution in [0.2, 0.25) is 0 Å². The number of aromatic nitrogens is 1. The lowest BCUT2D eigenvalue weighted by molar-refractivity contribution is 0.270. The van der Waals surface area contributed by atoms with Gasteiger partial charge in [-0.2, -0.15) is 0 Å². The van der Waals surface area contributed by atoms with Gasteiger partial charge in [0.25, 0.3) is 0 Å². The minimum atomic E-state index is 0.912. The van der Waals surface area contributed by atoms with Crippen molar-refractivity contribution >= 4 is 33.8 Å². The van der Waals surface area contributed by atoms with Crippen LogP contribution < -0.4 is 4.90 Å². The van der Waals surface area contributed by atoms with E-state index in [9.17, 15) is 0 Å². The van der Waals surface area contributed by atoms with Crippen LogP contribution in [0.25, 0.3) is 10.9 Å². The molecule has 4 nitrogen and oxygen atoms in total. The highest BCUT2D eigenvalue weighted by Crippen LogP contribution is 2.25. The molecule has 0 radical (unpaired) electrons. The molecule has 3 heterocycles. The number of nitrogens with zero attached hydrogens (tertiary/aromatic N) is 4. The van der Waals surface area contributed by atoms with Crippen molar-refractivity contribution in [3.05, 3.63) is 35.4 Å². The second-order valence-corrected chi connectivity index (χ2v) is 10.6. The van der Waals surface area contributed by atoms with Crippen molar-refractivity contribution in [3.8, 4) is 0 Å². The molecule has 4 rings (SSSR count). The summed E-state index contributed by atoms with van der Waals surface area (Å²) >= 11 is 5.77. The summed E-state index contributed by atoms with van der Waals surface area (Å²) in [5, 5.41) is 1.27. The number of aryl methyl sites for hydroxylation is 1. The van der Waals surface area contributed by atoms with E-state index in [1.165, 1.54) is 79.5 Å². The number of unbranched alkanes of at least 4 members (excludes halogenated alkanes) is 1. The van der Waals surface area contributed by atoms with Crippen LogP contribution in [0.3, 0.4) is 0 Å². The largest absolute Gasteiger partial charge is 0.354 e. The predicted molar refractivity (Wildman–Crippen MR) is 146 cm³/mol. The van der Waals surface area contributed by atoms with Gasteiger partial charge in [0.1, 0.15) is 5.82 Å². The van der Waals surface area contributed by atoms with Crippen molar-refractivity contribution < 1.29 is 0 Å². The van der Waals surface area contributed by atoms with Gasteiger partial charge >= 0.3 is 0 Å². The van der Waals surface area contributed by atoms with Crippen LogP contribution in [-0.4, -0.2) is 72.0 Å². The molecule has 0 atom stereocenters. The number of benzene rings is 1. The molecule has 0 unspecified atom stereocenters. The van der Waals surface area contributed by atoms with Crippen LogP contribution in [0.1, 0.15) is 63.0 Å². The molecule has 180 valence electrons. The molecule has 2 saturated heterocycles. The van der Waals surface area contributed by atoms with E-state index >= 15 is 0 Å². The average molecular weight is 467 g/mol. The second-order valence-electron chi connectivity index (χ2n) is 10.00. The van der Waals surface area contributed by atoms with Gasteiger partial charge in [-0.05, 0) is 99.4 Å². The normalized spacial score (nSPS) is 18.5. The molecule has 0 N–H and O–H groups in total. The molecule has 2 aromatic rings. The number of pyridine rings is 1. The third-order valence-electron chi connectivity index (χ3n) is 7.49. The Hall–Kier alpha value is -1.56. The lowest BCUT2D eigenvalue weighted by Crippen LogP contribution is -2.46. The predicted octanol–water partition coefficient (Wildman–Crippen LogP) is 5.64. The topological polar surface area (TPSA) is 22.6 Å². The number of piperazine rings is 1. The van der Waals surface area contributed by atoms with E-state index in [0.29, 0.717) is 0 Å². The maximum absolute atomic E-state index is 5.77. The molecule has 5 heteroatoms. The molecule has 2 fully saturated rings. The Morgan fingerprint density at radius 3 is 2.39 bits per heavy atom. The molecule has 0 spiro atoms. The third-order valence-corrected chi connectivity index (χ3v) is 7.84. The van der Waals surface area contributed by atoms with Crippen molar-refractivity contribution in [2.75, 3.05) is 57.3 Å². The van der Waals surface area contributed by atoms with Gasteiger partial charge in [0.15, 0.2) is 0 Å². The molecular weight excluding hydrogens is 424 g/mol. The number of likely N-dealkylation sites (tertiary alicyclic amines) is 1. The lowest BCUT2D eigenvalue weighted by atomic mass is 10.0. The summed E-state index contributed by atoms with van der Waals surface area (Å²) in [5.74, 6) is 1.13. The first-order valence-corrected chi connectivity index (χ1v) is 13.6. The average Bonchev–Trinajstić information content (AvgIpc) is 3.11. The molecule has 0 bridgehead atoms. The van der Waals surface area contributed by atoms with Crippen LogP contribution in [0.15, 0.2) is 24.3 Å². The van der Waals surface area contributed by atoms with Gasteiger partial charge in [0, 0.05) is 38.0 Å². The Labute approximate surface area is 206 Å². The molecule has 0 saturated carbocycles. The highest BCUT2D eigenvalue weighted by atomic mass is 32.1. The van der Waals surface area contributed by atoms with Gasteiger partial charge < -0.3 is 14.7 Å². The quantitative estimate of drug-likeness (QED) is 0.351. The fourth-order valence-electron chi connectivity index (χ4n) is 5.32. The standard InChI is InChI=1S/C28H42N4S/c1-3-30-16-18-32(19-17-30)28-20-23(2)26-22-24(11-12-27(26)29-28)21-25(33)10-6-9-15-31-13-7-4-5-8-14-31/h11-12,20,22H,3-10,13-19,21H2,1-2H3. The summed E-state index contributed by atoms with van der Waals surface area (Å²) in [4.78, 5) is 13.8. The Morgan fingerprint density at radius 2 is 1.67 bits per heavy atom. The summed E-state index contributed by atoms with van der Waals surface area (Å²) in [6.07, 6.45) is 10.1. The Morgan fingerprint density at radius 1 is 0.909 bits per heavy atom. The van der Waals surface area contributed by atoms with Crippen molar-refractivity contribution in [2.24, 2.45) is 0 Å². The first-order chi connectivity index (χ1) is 16.1. The first kappa shape index (κ1) is 24.6. The van der Waals surface area contributed by atoms with Crippen LogP contribution >= 0.6 is 12.2 Å². The fourth-order valence-corrected chi connectivity index (χ4v) is 5.63. The maximum atomic E-state index is 5.77. The summed E-state index contributed by atoms with van der Waals surface area (Å²) in [6, 6.07) is 9.03. The number of thiocarbonyl (C=S) groups is 1. The van der Waals surface area contributed by atoms with Gasteiger partial charge in [-0.25, -0.2) is 4.98 Å². The highest BCUT2D eigenvalue weighted by Gasteiger charge is 2.18. The summed E-state index contributed by atoms with van der Waals surface area (Å²) in [6.45, 7) is 13.8. The SMILES string of the molecule is CCN1CCN(c2cc(C)c3cc(CC(=S)CCCCN4CCCCCC4)ccc3n2)CC1. The van der Waals surface area contributed by atoms with Crippen molar-refractivity contribution in [3.63, 3.8) is 0 Å². The molecule has 1 aromatic heterocycles. The maximum Gasteiger partial charge on any atom is 0.129 e. The van der Waals surface area contributed by atoms with Gasteiger partial charge in [-0.1, -0.05) is 38.0 Å². The molecule has 0 aliphatic carbocycles. The number of hydrogen-bond donors (Lipinski definition) is 0. The molecule has 0 amide bonds. The van der Waals surface area contributed by atoms with Crippen molar-refractivity contribution in [2.45, 2.75) is 65.2 Å². The summed E-state index contributed by atoms with van der Waals surface area (Å²) in [7, 11) is 0. The number of likely N-dealkylation sites (N-methyl/N-ethyl adjacent to an activating group) is 1. The van der Waals surface area contributed by atoms with Crippen LogP contribution in [-0.2, 0) is 6.42 Å². The molecule has 33 heavy (non-hydrogen) atoms. The number of rotatable bonds is 9. The van der Waals surface area contributed by atoms with Gasteiger partial charge in [-0.3, -0.25) is 0 Å². The minimum Gasteiger partial charge on any atom is -0.354 e. The second kappa shape index (κ2) is 12.2. The van der Waals surface area contributed by atoms with E-state index in [1.54, 1.807) is 0 Å². The first-order valence-electron chi connectivity index (χ1n) is 13.2. The summed E-state index contributed by atoms with van der Waals surface area (Å²) in [5.41, 5.74) is 3.75. The monoisotopic (exact) mass is 466 g/mol. The number of anilines is 1. The van der Waals surface area contributed by atoms with Crippen molar-refractivity contribution in [1.82, 2.24) is 14.8 Å². The third kappa shape index (κ3) is 6.97. The van der Waals surface area contributed by atoms with E-state index in [4.69, 9.17) is 17.2 Å². The van der Waals surface area contributed by atoms with E-state index in [2.05, 4.69) is 52.8 Å². The van der Waals surface area contributed by atoms with Gasteiger partial charge in [-0.15, -0.1) is 0 Å². The van der Waals surface area contributed by atoms with E-state index in [1.807, 2.05) is 0 Å². The van der Waals surface area contributed by atoms with Gasteiger partial charge in [0.2, 0.25) is 0 Å². The minimum absolute atomic E-state index is 0.912. The Kier molecular flexibility index (Phi) is 9.10. The molecule has 1 aromatic carbocycles. The van der Waals surface area contributed by atoms with E-state index in [0.717, 1.165) is 56.9 Å². The van der Waals surface area contributed by atoms with Crippen LogP contribution in [0.4, 0.5) is 5.82 Å². The van der Waals surface area contributed by atoms with E-state index < -0.39 is 0 Å². The Balaban J connectivity index is 1.29. The summed E-state index contributed by atoms with van der Waals surface area (Å²) < 4.78 is 0. The zero-order chi connectivity index (χ0) is 23.0. The lowest BCUT2D eigenvalue weighted by Gasteiger charge is -2.35.